The molecule has 134 valence electrons. The summed E-state index contributed by atoms with van der Waals surface area (Å²) in [4.78, 5) is 27.8. The van der Waals surface area contributed by atoms with E-state index in [1.807, 2.05) is 0 Å². The van der Waals surface area contributed by atoms with Crippen molar-refractivity contribution in [2.75, 3.05) is 12.4 Å². The predicted molar refractivity (Wildman–Crippen MR) is 96.5 cm³/mol. The van der Waals surface area contributed by atoms with E-state index >= 15 is 0 Å². The predicted octanol–water partition coefficient (Wildman–Crippen LogP) is 3.01. The lowest BCUT2D eigenvalue weighted by Gasteiger charge is -2.18. The van der Waals surface area contributed by atoms with Crippen LogP contribution in [0.5, 0.6) is 0 Å². The van der Waals surface area contributed by atoms with Crippen LogP contribution in [0.15, 0.2) is 41.6 Å². The third kappa shape index (κ3) is 4.23. The highest BCUT2D eigenvalue weighted by molar-refractivity contribution is 6.43. The summed E-state index contributed by atoms with van der Waals surface area (Å²) in [7, 11) is 1.52. The Labute approximate surface area is 154 Å². The van der Waals surface area contributed by atoms with Gasteiger partial charge in [-0.1, -0.05) is 23.7 Å². The Morgan fingerprint density at radius 1 is 1.27 bits per heavy atom. The van der Waals surface area contributed by atoms with Crippen LogP contribution in [0.25, 0.3) is 0 Å². The van der Waals surface area contributed by atoms with Gasteiger partial charge in [-0.3, -0.25) is 9.59 Å². The fraction of sp³-hybridized carbons (Fsp3) is 0.222. The standard InChI is InChI=1S/C18H16ClFN4O2/c1-24-17(25)7-5-15(23-24)18(26)22-16-6-3-12(10-21-16)8-11-2-4-13(19)14(20)9-11/h2-4,6,9-10H,5,7-8H2,1H3,(H,21,22,26). The number of hydrazone groups is 1. The number of anilines is 1. The Morgan fingerprint density at radius 3 is 2.69 bits per heavy atom. The molecular weight excluding hydrogens is 359 g/mol. The number of hydrogen-bond acceptors (Lipinski definition) is 4. The molecule has 8 heteroatoms. The summed E-state index contributed by atoms with van der Waals surface area (Å²) in [6, 6.07) is 8.11. The van der Waals surface area contributed by atoms with Crippen molar-refractivity contribution in [3.63, 3.8) is 0 Å². The molecule has 0 atom stereocenters. The van der Waals surface area contributed by atoms with Crippen molar-refractivity contribution in [3.05, 3.63) is 58.5 Å². The average Bonchev–Trinajstić information content (AvgIpc) is 2.62. The van der Waals surface area contributed by atoms with Crippen molar-refractivity contribution in [1.82, 2.24) is 9.99 Å². The molecule has 1 N–H and O–H groups in total. The zero-order valence-electron chi connectivity index (χ0n) is 14.0. The lowest BCUT2D eigenvalue weighted by atomic mass is 10.1. The molecule has 0 spiro atoms. The number of aromatic nitrogens is 1. The van der Waals surface area contributed by atoms with Crippen molar-refractivity contribution in [2.24, 2.45) is 5.10 Å². The van der Waals surface area contributed by atoms with Crippen LogP contribution in [0, 0.1) is 5.82 Å². The zero-order chi connectivity index (χ0) is 18.7. The lowest BCUT2D eigenvalue weighted by Crippen LogP contribution is -2.34. The molecule has 0 bridgehead atoms. The highest BCUT2D eigenvalue weighted by Gasteiger charge is 2.22. The van der Waals surface area contributed by atoms with Crippen molar-refractivity contribution in [2.45, 2.75) is 19.3 Å². The number of benzene rings is 1. The van der Waals surface area contributed by atoms with E-state index in [-0.39, 0.29) is 29.0 Å². The maximum atomic E-state index is 13.5. The fourth-order valence-electron chi connectivity index (χ4n) is 2.51. The Hall–Kier alpha value is -2.80. The van der Waals surface area contributed by atoms with Crippen LogP contribution in [-0.4, -0.2) is 34.6 Å². The first-order valence-corrected chi connectivity index (χ1v) is 8.34. The number of carbonyl (C=O) groups excluding carboxylic acids is 2. The summed E-state index contributed by atoms with van der Waals surface area (Å²) in [6.07, 6.45) is 2.66. The smallest absolute Gasteiger partial charge is 0.273 e. The van der Waals surface area contributed by atoms with Crippen LogP contribution >= 0.6 is 11.6 Å². The van der Waals surface area contributed by atoms with E-state index in [1.165, 1.54) is 24.2 Å². The quantitative estimate of drug-likeness (QED) is 0.893. The Morgan fingerprint density at radius 2 is 2.04 bits per heavy atom. The van der Waals surface area contributed by atoms with E-state index < -0.39 is 5.82 Å². The van der Waals surface area contributed by atoms with Crippen LogP contribution in [0.3, 0.4) is 0 Å². The average molecular weight is 375 g/mol. The molecular formula is C18H16ClFN4O2. The van der Waals surface area contributed by atoms with Gasteiger partial charge in [-0.2, -0.15) is 5.10 Å². The third-order valence-corrected chi connectivity index (χ3v) is 4.23. The summed E-state index contributed by atoms with van der Waals surface area (Å²) < 4.78 is 13.5. The van der Waals surface area contributed by atoms with Gasteiger partial charge in [-0.25, -0.2) is 14.4 Å². The third-order valence-electron chi connectivity index (χ3n) is 3.93. The van der Waals surface area contributed by atoms with E-state index in [0.29, 0.717) is 18.7 Å². The number of nitrogens with zero attached hydrogens (tertiary/aromatic N) is 3. The van der Waals surface area contributed by atoms with Gasteiger partial charge in [0.15, 0.2) is 0 Å². The van der Waals surface area contributed by atoms with E-state index in [9.17, 15) is 14.0 Å². The van der Waals surface area contributed by atoms with E-state index in [0.717, 1.165) is 11.1 Å². The number of amides is 2. The second kappa shape index (κ2) is 7.61. The molecule has 3 rings (SSSR count). The van der Waals surface area contributed by atoms with Gasteiger partial charge in [0.25, 0.3) is 5.91 Å². The summed E-state index contributed by atoms with van der Waals surface area (Å²) >= 11 is 5.68. The van der Waals surface area contributed by atoms with E-state index in [4.69, 9.17) is 11.6 Å². The molecule has 1 aliphatic rings. The molecule has 1 aliphatic heterocycles. The first kappa shape index (κ1) is 18.0. The SMILES string of the molecule is CN1N=C(C(=O)Nc2ccc(Cc3ccc(Cl)c(F)c3)cn2)CCC1=O. The van der Waals surface area contributed by atoms with Crippen LogP contribution in [0.4, 0.5) is 10.2 Å². The van der Waals surface area contributed by atoms with Gasteiger partial charge < -0.3 is 5.32 Å². The number of pyridine rings is 1. The van der Waals surface area contributed by atoms with Crippen molar-refractivity contribution in [1.29, 1.82) is 0 Å². The van der Waals surface area contributed by atoms with Crippen LogP contribution < -0.4 is 5.32 Å². The highest BCUT2D eigenvalue weighted by Crippen LogP contribution is 2.18. The first-order chi connectivity index (χ1) is 12.4. The molecule has 0 fully saturated rings. The Balaban J connectivity index is 1.64. The van der Waals surface area contributed by atoms with Crippen molar-refractivity contribution >= 4 is 34.9 Å². The largest absolute Gasteiger partial charge is 0.305 e. The van der Waals surface area contributed by atoms with Gasteiger partial charge in [0.2, 0.25) is 5.91 Å². The Kier molecular flexibility index (Phi) is 5.27. The molecule has 0 radical (unpaired) electrons. The normalized spacial score (nSPS) is 14.2. The molecule has 1 aromatic heterocycles. The maximum absolute atomic E-state index is 13.5. The molecule has 2 amide bonds. The molecule has 26 heavy (non-hydrogen) atoms. The second-order valence-corrected chi connectivity index (χ2v) is 6.30. The van der Waals surface area contributed by atoms with Crippen LogP contribution in [-0.2, 0) is 16.0 Å². The Bertz CT molecular complexity index is 883. The van der Waals surface area contributed by atoms with E-state index in [1.54, 1.807) is 24.4 Å². The molecule has 0 unspecified atom stereocenters. The molecule has 0 saturated carbocycles. The van der Waals surface area contributed by atoms with Crippen molar-refractivity contribution < 1.29 is 14.0 Å². The minimum Gasteiger partial charge on any atom is -0.305 e. The maximum Gasteiger partial charge on any atom is 0.273 e. The van der Waals surface area contributed by atoms with Crippen molar-refractivity contribution in [3.8, 4) is 0 Å². The van der Waals surface area contributed by atoms with E-state index in [2.05, 4.69) is 15.4 Å². The van der Waals surface area contributed by atoms with Gasteiger partial charge in [0.05, 0.1) is 5.02 Å². The number of nitrogens with one attached hydrogen (secondary N) is 1. The molecule has 0 aliphatic carbocycles. The van der Waals surface area contributed by atoms with Crippen LogP contribution in [0.2, 0.25) is 5.02 Å². The highest BCUT2D eigenvalue weighted by atomic mass is 35.5. The molecule has 0 saturated heterocycles. The number of rotatable bonds is 4. The fourth-order valence-corrected chi connectivity index (χ4v) is 2.63. The summed E-state index contributed by atoms with van der Waals surface area (Å²) in [5.41, 5.74) is 1.93. The number of halogens is 2. The topological polar surface area (TPSA) is 74.7 Å². The minimum atomic E-state index is -0.460. The van der Waals surface area contributed by atoms with Gasteiger partial charge in [0.1, 0.15) is 17.3 Å². The second-order valence-electron chi connectivity index (χ2n) is 5.90. The number of hydrogen-bond donors (Lipinski definition) is 1. The monoisotopic (exact) mass is 374 g/mol. The van der Waals surface area contributed by atoms with Gasteiger partial charge >= 0.3 is 0 Å². The van der Waals surface area contributed by atoms with Crippen LogP contribution in [0.1, 0.15) is 24.0 Å². The zero-order valence-corrected chi connectivity index (χ0v) is 14.8. The molecule has 1 aromatic carbocycles. The summed E-state index contributed by atoms with van der Waals surface area (Å²) in [5, 5.41) is 7.87. The van der Waals surface area contributed by atoms with Gasteiger partial charge in [-0.05, 0) is 35.7 Å². The number of carbonyl (C=O) groups is 2. The first-order valence-electron chi connectivity index (χ1n) is 7.96. The lowest BCUT2D eigenvalue weighted by molar-refractivity contribution is -0.130. The van der Waals surface area contributed by atoms with Gasteiger partial charge in [0, 0.05) is 26.1 Å². The molecule has 2 heterocycles. The molecule has 2 aromatic rings. The summed E-state index contributed by atoms with van der Waals surface area (Å²) in [5.74, 6) is -0.590. The molecule has 6 nitrogen and oxygen atoms in total. The summed E-state index contributed by atoms with van der Waals surface area (Å²) in [6.45, 7) is 0. The minimum absolute atomic E-state index is 0.0860. The van der Waals surface area contributed by atoms with Gasteiger partial charge in [-0.15, -0.1) is 0 Å².